The van der Waals surface area contributed by atoms with Crippen LogP contribution < -0.4 is 11.0 Å². The molecule has 202 valence electrons. The molecular formula is C31H28N4O5. The van der Waals surface area contributed by atoms with E-state index in [-0.39, 0.29) is 47.7 Å². The van der Waals surface area contributed by atoms with Crippen LogP contribution in [0.3, 0.4) is 0 Å². The fourth-order valence-electron chi connectivity index (χ4n) is 5.29. The number of nitrogens with zero attached hydrogens (tertiary/aromatic N) is 4. The quantitative estimate of drug-likeness (QED) is 0.241. The molecular weight excluding hydrogens is 508 g/mol. The first-order valence-corrected chi connectivity index (χ1v) is 13.4. The number of fused-ring (bicyclic) bond motifs is 3. The van der Waals surface area contributed by atoms with Gasteiger partial charge in [0.25, 0.3) is 11.5 Å². The summed E-state index contributed by atoms with van der Waals surface area (Å²) in [4.78, 5) is 49.5. The summed E-state index contributed by atoms with van der Waals surface area (Å²) in [6.45, 7) is 2.72. The third-order valence-corrected chi connectivity index (χ3v) is 7.15. The van der Waals surface area contributed by atoms with Crippen LogP contribution in [0.4, 0.5) is 0 Å². The molecule has 0 aliphatic carbocycles. The predicted octanol–water partition coefficient (Wildman–Crippen LogP) is 3.83. The number of hydrogen-bond acceptors (Lipinski definition) is 6. The van der Waals surface area contributed by atoms with Crippen LogP contribution in [0.1, 0.15) is 35.7 Å². The topological polar surface area (TPSA) is 104 Å². The maximum absolute atomic E-state index is 13.5. The van der Waals surface area contributed by atoms with E-state index >= 15 is 0 Å². The number of rotatable bonds is 6. The Morgan fingerprint density at radius 2 is 1.90 bits per heavy atom. The van der Waals surface area contributed by atoms with Crippen molar-refractivity contribution in [1.29, 1.82) is 0 Å². The van der Waals surface area contributed by atoms with Crippen LogP contribution in [0.5, 0.6) is 0 Å². The minimum absolute atomic E-state index is 0.0356. The van der Waals surface area contributed by atoms with Gasteiger partial charge >= 0.3 is 5.97 Å². The Balaban J connectivity index is 1.59. The van der Waals surface area contributed by atoms with E-state index in [1.54, 1.807) is 35.9 Å². The second kappa shape index (κ2) is 10.9. The highest BCUT2D eigenvalue weighted by atomic mass is 16.5. The number of aromatic nitrogens is 3. The first-order chi connectivity index (χ1) is 19.5. The van der Waals surface area contributed by atoms with Gasteiger partial charge < -0.3 is 14.0 Å². The number of ether oxygens (including phenoxy) is 2. The number of esters is 1. The molecule has 0 saturated carbocycles. The summed E-state index contributed by atoms with van der Waals surface area (Å²) in [5.74, 6) is -1.10. The summed E-state index contributed by atoms with van der Waals surface area (Å²) in [6.07, 6.45) is 3.18. The van der Waals surface area contributed by atoms with Crippen molar-refractivity contribution in [3.05, 3.63) is 99.9 Å². The van der Waals surface area contributed by atoms with E-state index in [1.807, 2.05) is 42.5 Å². The highest BCUT2D eigenvalue weighted by Crippen LogP contribution is 2.20. The summed E-state index contributed by atoms with van der Waals surface area (Å²) < 4.78 is 14.3. The summed E-state index contributed by atoms with van der Waals surface area (Å²) in [6, 6.07) is 20.4. The molecule has 9 heteroatoms. The highest BCUT2D eigenvalue weighted by molar-refractivity contribution is 5.94. The standard InChI is InChI=1S/C31H28N4O5/c1-2-39-31(38)25-18-24-28(32-26-14-5-6-15-34(26)30(24)37)35(19-22-12-8-16-40-22)29(25)33-27(36)17-21-11-7-10-20-9-3-4-13-23(20)21/h3-7,9-11,13-15,18,22H,2,8,12,16-17,19H2,1H3. The van der Waals surface area contributed by atoms with E-state index in [9.17, 15) is 14.4 Å². The molecule has 1 amide bonds. The van der Waals surface area contributed by atoms with Gasteiger partial charge in [-0.2, -0.15) is 4.99 Å². The molecule has 1 saturated heterocycles. The lowest BCUT2D eigenvalue weighted by atomic mass is 10.0. The minimum Gasteiger partial charge on any atom is -0.462 e. The van der Waals surface area contributed by atoms with Crippen LogP contribution in [0, 0.1) is 0 Å². The molecule has 0 spiro atoms. The third-order valence-electron chi connectivity index (χ3n) is 7.15. The van der Waals surface area contributed by atoms with Gasteiger partial charge in [-0.05, 0) is 54.3 Å². The zero-order valence-corrected chi connectivity index (χ0v) is 22.1. The Morgan fingerprint density at radius 3 is 2.73 bits per heavy atom. The van der Waals surface area contributed by atoms with Crippen LogP contribution in [0.2, 0.25) is 0 Å². The second-order valence-electron chi connectivity index (χ2n) is 9.75. The maximum atomic E-state index is 13.5. The average Bonchev–Trinajstić information content (AvgIpc) is 3.48. The summed E-state index contributed by atoms with van der Waals surface area (Å²) in [5.41, 5.74) is 1.42. The lowest BCUT2D eigenvalue weighted by Crippen LogP contribution is -2.35. The van der Waals surface area contributed by atoms with Crippen molar-refractivity contribution in [2.75, 3.05) is 13.2 Å². The Morgan fingerprint density at radius 1 is 1.07 bits per heavy atom. The Labute approximate surface area is 229 Å². The van der Waals surface area contributed by atoms with Crippen LogP contribution in [0.25, 0.3) is 27.5 Å². The molecule has 0 radical (unpaired) electrons. The SMILES string of the molecule is CCOC(=O)c1cc2c(=O)n3ccccc3nc2n(CC2CCCO2)c1=NC(=O)Cc1cccc2ccccc12. The normalized spacial score (nSPS) is 15.7. The summed E-state index contributed by atoms with van der Waals surface area (Å²) in [7, 11) is 0. The van der Waals surface area contributed by atoms with Crippen molar-refractivity contribution in [1.82, 2.24) is 14.0 Å². The van der Waals surface area contributed by atoms with Crippen LogP contribution >= 0.6 is 0 Å². The second-order valence-corrected chi connectivity index (χ2v) is 9.75. The fraction of sp³-hybridized carbons (Fsp3) is 0.258. The van der Waals surface area contributed by atoms with Gasteiger partial charge in [-0.1, -0.05) is 48.5 Å². The molecule has 2 aromatic carbocycles. The number of carbonyl (C=O) groups excluding carboxylic acids is 2. The molecule has 1 unspecified atom stereocenters. The van der Waals surface area contributed by atoms with Crippen molar-refractivity contribution in [2.45, 2.75) is 38.8 Å². The third kappa shape index (κ3) is 4.80. The number of carbonyl (C=O) groups is 2. The van der Waals surface area contributed by atoms with Gasteiger partial charge in [0.2, 0.25) is 0 Å². The number of benzene rings is 2. The number of amides is 1. The van der Waals surface area contributed by atoms with E-state index in [2.05, 4.69) is 4.99 Å². The van der Waals surface area contributed by atoms with E-state index in [0.717, 1.165) is 29.2 Å². The van der Waals surface area contributed by atoms with Crippen LogP contribution in [0.15, 0.2) is 82.7 Å². The maximum Gasteiger partial charge on any atom is 0.341 e. The molecule has 1 atom stereocenters. The summed E-state index contributed by atoms with van der Waals surface area (Å²) >= 11 is 0. The Hall–Kier alpha value is -4.63. The molecule has 0 bridgehead atoms. The van der Waals surface area contributed by atoms with Gasteiger partial charge in [-0.15, -0.1) is 0 Å². The van der Waals surface area contributed by atoms with E-state index < -0.39 is 11.9 Å². The molecule has 4 heterocycles. The molecule has 1 aliphatic heterocycles. The number of hydrogen-bond donors (Lipinski definition) is 0. The molecule has 0 N–H and O–H groups in total. The smallest absolute Gasteiger partial charge is 0.341 e. The fourth-order valence-corrected chi connectivity index (χ4v) is 5.29. The molecule has 6 rings (SSSR count). The van der Waals surface area contributed by atoms with Gasteiger partial charge in [-0.3, -0.25) is 14.0 Å². The predicted molar refractivity (Wildman–Crippen MR) is 150 cm³/mol. The van der Waals surface area contributed by atoms with Crippen molar-refractivity contribution in [3.8, 4) is 0 Å². The zero-order chi connectivity index (χ0) is 27.6. The van der Waals surface area contributed by atoms with Gasteiger partial charge in [0.1, 0.15) is 16.9 Å². The van der Waals surface area contributed by atoms with Gasteiger partial charge in [0.05, 0.1) is 31.1 Å². The van der Waals surface area contributed by atoms with Gasteiger partial charge in [0, 0.05) is 12.8 Å². The zero-order valence-electron chi connectivity index (χ0n) is 22.1. The van der Waals surface area contributed by atoms with E-state index in [1.165, 1.54) is 10.5 Å². The summed E-state index contributed by atoms with van der Waals surface area (Å²) in [5, 5.41) is 2.21. The minimum atomic E-state index is -0.667. The molecule has 9 nitrogen and oxygen atoms in total. The molecule has 3 aromatic heterocycles. The van der Waals surface area contributed by atoms with E-state index in [4.69, 9.17) is 14.5 Å². The molecule has 40 heavy (non-hydrogen) atoms. The van der Waals surface area contributed by atoms with Gasteiger partial charge in [-0.25, -0.2) is 9.78 Å². The molecule has 1 aliphatic rings. The lowest BCUT2D eigenvalue weighted by Gasteiger charge is -2.18. The van der Waals surface area contributed by atoms with Crippen LogP contribution in [-0.2, 0) is 27.2 Å². The average molecular weight is 537 g/mol. The first-order valence-electron chi connectivity index (χ1n) is 13.4. The lowest BCUT2D eigenvalue weighted by molar-refractivity contribution is -0.117. The van der Waals surface area contributed by atoms with Crippen molar-refractivity contribution in [2.24, 2.45) is 4.99 Å². The van der Waals surface area contributed by atoms with Crippen LogP contribution in [-0.4, -0.2) is 45.1 Å². The van der Waals surface area contributed by atoms with Gasteiger partial charge in [0.15, 0.2) is 5.49 Å². The number of pyridine rings is 2. The highest BCUT2D eigenvalue weighted by Gasteiger charge is 2.24. The Kier molecular flexibility index (Phi) is 6.96. The Bertz CT molecular complexity index is 1890. The molecule has 1 fully saturated rings. The first kappa shape index (κ1) is 25.6. The van der Waals surface area contributed by atoms with E-state index in [0.29, 0.717) is 17.9 Å². The largest absolute Gasteiger partial charge is 0.462 e. The van der Waals surface area contributed by atoms with Crippen molar-refractivity contribution in [3.63, 3.8) is 0 Å². The van der Waals surface area contributed by atoms with Crippen molar-refractivity contribution < 1.29 is 19.1 Å². The van der Waals surface area contributed by atoms with Crippen molar-refractivity contribution >= 4 is 39.3 Å². The molecule has 5 aromatic rings. The monoisotopic (exact) mass is 536 g/mol.